The van der Waals surface area contributed by atoms with Gasteiger partial charge in [0.25, 0.3) is 0 Å². The van der Waals surface area contributed by atoms with Crippen LogP contribution in [0, 0.1) is 0 Å². The number of amides is 3. The fraction of sp³-hybridized carbons (Fsp3) is 0.667. The van der Waals surface area contributed by atoms with Crippen LogP contribution in [0.3, 0.4) is 0 Å². The number of carbonyl (C=O) groups excluding carboxylic acids is 2. The van der Waals surface area contributed by atoms with Crippen LogP contribution in [0.5, 0.6) is 0 Å². The Bertz CT molecular complexity index is 142. The number of carbonyl (C=O) groups is 2. The van der Waals surface area contributed by atoms with E-state index in [1.807, 2.05) is 5.43 Å². The summed E-state index contributed by atoms with van der Waals surface area (Å²) >= 11 is 0. The summed E-state index contributed by atoms with van der Waals surface area (Å²) in [6.45, 7) is 4.20. The van der Waals surface area contributed by atoms with Crippen molar-refractivity contribution in [2.24, 2.45) is 0 Å². The second kappa shape index (κ2) is 6.26. The first-order chi connectivity index (χ1) is 5.70. The lowest BCUT2D eigenvalue weighted by Crippen LogP contribution is -2.47. The number of hydrogen-bond acceptors (Lipinski definition) is 3. The van der Waals surface area contributed by atoms with Gasteiger partial charge in [0.15, 0.2) is 0 Å². The molecule has 3 N–H and O–H groups in total. The predicted octanol–water partition coefficient (Wildman–Crippen LogP) is -0.0334. The van der Waals surface area contributed by atoms with Crippen molar-refractivity contribution in [1.82, 2.24) is 16.2 Å². The lowest BCUT2D eigenvalue weighted by atomic mass is 10.7. The first kappa shape index (κ1) is 10.5. The van der Waals surface area contributed by atoms with Crippen LogP contribution in [-0.2, 0) is 4.74 Å². The summed E-state index contributed by atoms with van der Waals surface area (Å²) in [5, 5.41) is 2.42. The van der Waals surface area contributed by atoms with E-state index in [1.54, 1.807) is 13.8 Å². The molecule has 70 valence electrons. The number of urea groups is 1. The lowest BCUT2D eigenvalue weighted by molar-refractivity contribution is 0.147. The van der Waals surface area contributed by atoms with Crippen LogP contribution >= 0.6 is 0 Å². The molecule has 0 spiro atoms. The first-order valence-electron chi connectivity index (χ1n) is 3.67. The van der Waals surface area contributed by atoms with Gasteiger partial charge in [-0.05, 0) is 13.8 Å². The molecule has 0 aromatic rings. The summed E-state index contributed by atoms with van der Waals surface area (Å²) in [7, 11) is 0. The van der Waals surface area contributed by atoms with Crippen LogP contribution in [0.1, 0.15) is 13.8 Å². The minimum Gasteiger partial charge on any atom is -0.449 e. The second-order valence-corrected chi connectivity index (χ2v) is 1.83. The molecule has 6 heteroatoms. The Labute approximate surface area is 70.6 Å². The molecule has 0 bridgehead atoms. The van der Waals surface area contributed by atoms with E-state index in [0.29, 0.717) is 6.54 Å². The van der Waals surface area contributed by atoms with Gasteiger partial charge < -0.3 is 10.1 Å². The molecule has 0 fully saturated rings. The SMILES string of the molecule is CCNC(=O)NNC(=O)OCC. The van der Waals surface area contributed by atoms with E-state index in [4.69, 9.17) is 0 Å². The molecule has 0 aromatic carbocycles. The van der Waals surface area contributed by atoms with E-state index in [0.717, 1.165) is 0 Å². The Morgan fingerprint density at radius 1 is 1.25 bits per heavy atom. The lowest BCUT2D eigenvalue weighted by Gasteiger charge is -2.06. The van der Waals surface area contributed by atoms with E-state index >= 15 is 0 Å². The highest BCUT2D eigenvalue weighted by Gasteiger charge is 2.01. The Kier molecular flexibility index (Phi) is 5.50. The molecule has 0 saturated heterocycles. The molecule has 0 rings (SSSR count). The second-order valence-electron chi connectivity index (χ2n) is 1.83. The zero-order valence-corrected chi connectivity index (χ0v) is 7.14. The Balaban J connectivity index is 3.40. The van der Waals surface area contributed by atoms with Crippen molar-refractivity contribution in [2.45, 2.75) is 13.8 Å². The topological polar surface area (TPSA) is 79.5 Å². The fourth-order valence-electron chi connectivity index (χ4n) is 0.480. The van der Waals surface area contributed by atoms with Gasteiger partial charge >= 0.3 is 12.1 Å². The van der Waals surface area contributed by atoms with Gasteiger partial charge in [0.2, 0.25) is 0 Å². The minimum atomic E-state index is -0.677. The Morgan fingerprint density at radius 3 is 2.42 bits per heavy atom. The van der Waals surface area contributed by atoms with Crippen molar-refractivity contribution in [1.29, 1.82) is 0 Å². The molecule has 0 atom stereocenters. The maximum absolute atomic E-state index is 10.7. The van der Waals surface area contributed by atoms with E-state index < -0.39 is 12.1 Å². The van der Waals surface area contributed by atoms with Gasteiger partial charge in [-0.15, -0.1) is 0 Å². The normalized spacial score (nSPS) is 8.50. The van der Waals surface area contributed by atoms with Crippen LogP contribution in [0.2, 0.25) is 0 Å². The van der Waals surface area contributed by atoms with Crippen molar-refractivity contribution in [3.8, 4) is 0 Å². The van der Waals surface area contributed by atoms with Gasteiger partial charge in [0.1, 0.15) is 0 Å². The van der Waals surface area contributed by atoms with Crippen molar-refractivity contribution >= 4 is 12.1 Å². The number of rotatable bonds is 2. The van der Waals surface area contributed by atoms with E-state index in [9.17, 15) is 9.59 Å². The summed E-state index contributed by atoms with van der Waals surface area (Å²) in [6, 6.07) is -0.467. The van der Waals surface area contributed by atoms with Gasteiger partial charge in [-0.2, -0.15) is 0 Å². The number of nitrogens with one attached hydrogen (secondary N) is 3. The molecule has 6 nitrogen and oxygen atoms in total. The number of hydrogen-bond donors (Lipinski definition) is 3. The molecule has 0 saturated carbocycles. The molecule has 0 aliphatic carbocycles. The highest BCUT2D eigenvalue weighted by atomic mass is 16.6. The fourth-order valence-corrected chi connectivity index (χ4v) is 0.480. The molecule has 12 heavy (non-hydrogen) atoms. The summed E-state index contributed by atoms with van der Waals surface area (Å²) in [6.07, 6.45) is -0.677. The maximum atomic E-state index is 10.7. The van der Waals surface area contributed by atoms with E-state index in [1.165, 1.54) is 0 Å². The van der Waals surface area contributed by atoms with Gasteiger partial charge in [-0.1, -0.05) is 0 Å². The highest BCUT2D eigenvalue weighted by Crippen LogP contribution is 1.72. The molecule has 0 aliphatic heterocycles. The molecule has 0 unspecified atom stereocenters. The monoisotopic (exact) mass is 175 g/mol. The quantitative estimate of drug-likeness (QED) is 0.515. The van der Waals surface area contributed by atoms with Crippen molar-refractivity contribution in [2.75, 3.05) is 13.2 Å². The zero-order chi connectivity index (χ0) is 9.40. The average molecular weight is 175 g/mol. The Hall–Kier alpha value is -1.46. The molecule has 3 amide bonds. The third-order valence-electron chi connectivity index (χ3n) is 0.891. The van der Waals surface area contributed by atoms with Gasteiger partial charge in [-0.25, -0.2) is 20.4 Å². The first-order valence-corrected chi connectivity index (χ1v) is 3.67. The standard InChI is InChI=1S/C6H13N3O3/c1-3-7-5(10)8-9-6(11)12-4-2/h3-4H2,1-2H3,(H,9,11)(H2,7,8,10). The average Bonchev–Trinajstić information content (AvgIpc) is 2.02. The molecular weight excluding hydrogens is 162 g/mol. The predicted molar refractivity (Wildman–Crippen MR) is 42.4 cm³/mol. The Morgan fingerprint density at radius 2 is 1.92 bits per heavy atom. The van der Waals surface area contributed by atoms with Gasteiger partial charge in [0, 0.05) is 6.54 Å². The van der Waals surface area contributed by atoms with Crippen LogP contribution in [-0.4, -0.2) is 25.3 Å². The minimum absolute atomic E-state index is 0.267. The third kappa shape index (κ3) is 5.33. The number of hydrazine groups is 1. The summed E-state index contributed by atoms with van der Waals surface area (Å²) in [5.41, 5.74) is 4.14. The van der Waals surface area contributed by atoms with Gasteiger partial charge in [-0.3, -0.25) is 0 Å². The van der Waals surface area contributed by atoms with Crippen LogP contribution in [0.4, 0.5) is 9.59 Å². The summed E-state index contributed by atoms with van der Waals surface area (Å²) in [5.74, 6) is 0. The third-order valence-corrected chi connectivity index (χ3v) is 0.891. The van der Waals surface area contributed by atoms with Crippen molar-refractivity contribution < 1.29 is 14.3 Å². The van der Waals surface area contributed by atoms with E-state index in [-0.39, 0.29) is 6.61 Å². The van der Waals surface area contributed by atoms with Crippen LogP contribution in [0.15, 0.2) is 0 Å². The smallest absolute Gasteiger partial charge is 0.426 e. The summed E-state index contributed by atoms with van der Waals surface area (Å²) in [4.78, 5) is 21.2. The number of ether oxygens (including phenoxy) is 1. The maximum Gasteiger partial charge on any atom is 0.426 e. The highest BCUT2D eigenvalue weighted by molar-refractivity contribution is 5.77. The van der Waals surface area contributed by atoms with E-state index in [2.05, 4.69) is 15.5 Å². The molecule has 0 aromatic heterocycles. The van der Waals surface area contributed by atoms with Crippen LogP contribution in [0.25, 0.3) is 0 Å². The zero-order valence-electron chi connectivity index (χ0n) is 7.14. The van der Waals surface area contributed by atoms with Crippen molar-refractivity contribution in [3.05, 3.63) is 0 Å². The summed E-state index contributed by atoms with van der Waals surface area (Å²) < 4.78 is 4.48. The molecule has 0 heterocycles. The molecule has 0 aliphatic rings. The van der Waals surface area contributed by atoms with Crippen molar-refractivity contribution in [3.63, 3.8) is 0 Å². The molecular formula is C6H13N3O3. The van der Waals surface area contributed by atoms with Crippen LogP contribution < -0.4 is 16.2 Å². The largest absolute Gasteiger partial charge is 0.449 e. The van der Waals surface area contributed by atoms with Gasteiger partial charge in [0.05, 0.1) is 6.61 Å². The molecule has 0 radical (unpaired) electrons.